The number of β-amino-alcohol motifs (C(OH)–C–C–N with tert-alkyl or cyclic N) is 1. The molecule has 1 fully saturated rings. The van der Waals surface area contributed by atoms with Crippen molar-refractivity contribution in [3.63, 3.8) is 0 Å². The average molecular weight is 314 g/mol. The van der Waals surface area contributed by atoms with Crippen molar-refractivity contribution in [2.45, 2.75) is 32.4 Å². The Morgan fingerprint density at radius 3 is 2.70 bits per heavy atom. The van der Waals surface area contributed by atoms with E-state index in [9.17, 15) is 5.11 Å². The first-order chi connectivity index (χ1) is 11.2. The van der Waals surface area contributed by atoms with Gasteiger partial charge in [-0.15, -0.1) is 0 Å². The van der Waals surface area contributed by atoms with Crippen molar-refractivity contribution in [2.24, 2.45) is 0 Å². The number of aromatic nitrogens is 2. The predicted molar refractivity (Wildman–Crippen MR) is 91.7 cm³/mol. The van der Waals surface area contributed by atoms with E-state index in [-0.39, 0.29) is 6.10 Å². The third-order valence-corrected chi connectivity index (χ3v) is 4.38. The lowest BCUT2D eigenvalue weighted by Crippen LogP contribution is -2.37. The number of hydrogen-bond donors (Lipinski definition) is 2. The quantitative estimate of drug-likeness (QED) is 0.817. The minimum atomic E-state index is -0.317. The molecular weight excluding hydrogens is 288 g/mol. The van der Waals surface area contributed by atoms with Gasteiger partial charge >= 0.3 is 0 Å². The molecule has 0 radical (unpaired) electrons. The maximum absolute atomic E-state index is 10.2. The number of likely N-dealkylation sites (tertiary alicyclic amines) is 1. The zero-order valence-corrected chi connectivity index (χ0v) is 13.8. The highest BCUT2D eigenvalue weighted by Crippen LogP contribution is 2.14. The SMILES string of the molecule is Cc1ncc(CNCC(O)CN2CCCC2)n1-c1ccccc1. The molecule has 1 unspecified atom stereocenters. The molecule has 2 heterocycles. The Kier molecular flexibility index (Phi) is 5.43. The number of aryl methyl sites for hydroxylation is 1. The molecular formula is C18H26N4O. The van der Waals surface area contributed by atoms with Crippen LogP contribution < -0.4 is 5.32 Å². The van der Waals surface area contributed by atoms with Crippen LogP contribution in [0.5, 0.6) is 0 Å². The van der Waals surface area contributed by atoms with Crippen molar-refractivity contribution in [2.75, 3.05) is 26.2 Å². The van der Waals surface area contributed by atoms with E-state index >= 15 is 0 Å². The molecule has 1 atom stereocenters. The van der Waals surface area contributed by atoms with E-state index in [2.05, 4.69) is 31.9 Å². The number of aliphatic hydroxyl groups excluding tert-OH is 1. The van der Waals surface area contributed by atoms with Crippen molar-refractivity contribution >= 4 is 0 Å². The molecule has 1 saturated heterocycles. The van der Waals surface area contributed by atoms with E-state index in [0.717, 1.165) is 36.8 Å². The highest BCUT2D eigenvalue weighted by molar-refractivity contribution is 5.35. The topological polar surface area (TPSA) is 53.3 Å². The first-order valence-electron chi connectivity index (χ1n) is 8.44. The van der Waals surface area contributed by atoms with Gasteiger partial charge in [-0.05, 0) is 45.0 Å². The average Bonchev–Trinajstić information content (AvgIpc) is 3.18. The van der Waals surface area contributed by atoms with Gasteiger partial charge in [0.25, 0.3) is 0 Å². The van der Waals surface area contributed by atoms with Gasteiger partial charge in [-0.3, -0.25) is 4.57 Å². The summed E-state index contributed by atoms with van der Waals surface area (Å²) < 4.78 is 2.15. The summed E-state index contributed by atoms with van der Waals surface area (Å²) in [6.07, 6.45) is 4.11. The summed E-state index contributed by atoms with van der Waals surface area (Å²) in [5.74, 6) is 0.977. The number of imidazole rings is 1. The van der Waals surface area contributed by atoms with Gasteiger partial charge in [0, 0.05) is 25.3 Å². The number of nitrogens with zero attached hydrogens (tertiary/aromatic N) is 3. The fraction of sp³-hybridized carbons (Fsp3) is 0.500. The molecule has 0 amide bonds. The van der Waals surface area contributed by atoms with Crippen LogP contribution in [0.25, 0.3) is 5.69 Å². The first kappa shape index (κ1) is 16.2. The summed E-state index contributed by atoms with van der Waals surface area (Å²) in [4.78, 5) is 6.76. The summed E-state index contributed by atoms with van der Waals surface area (Å²) in [5.41, 5.74) is 2.24. The molecule has 1 aliphatic rings. The van der Waals surface area contributed by atoms with E-state index in [4.69, 9.17) is 0 Å². The van der Waals surface area contributed by atoms with Crippen LogP contribution in [0.3, 0.4) is 0 Å². The van der Waals surface area contributed by atoms with Crippen LogP contribution in [0.15, 0.2) is 36.5 Å². The number of benzene rings is 1. The molecule has 5 nitrogen and oxygen atoms in total. The standard InChI is InChI=1S/C18H26N4O/c1-15-20-12-17(22(15)16-7-3-2-4-8-16)11-19-13-18(23)14-21-9-5-6-10-21/h2-4,7-8,12,18-19,23H,5-6,9-11,13-14H2,1H3. The van der Waals surface area contributed by atoms with E-state index < -0.39 is 0 Å². The monoisotopic (exact) mass is 314 g/mol. The largest absolute Gasteiger partial charge is 0.390 e. The molecule has 1 aliphatic heterocycles. The van der Waals surface area contributed by atoms with Gasteiger partial charge in [-0.25, -0.2) is 4.98 Å². The minimum Gasteiger partial charge on any atom is -0.390 e. The maximum Gasteiger partial charge on any atom is 0.110 e. The van der Waals surface area contributed by atoms with Crippen LogP contribution >= 0.6 is 0 Å². The number of hydrogen-bond acceptors (Lipinski definition) is 4. The number of nitrogens with one attached hydrogen (secondary N) is 1. The number of aliphatic hydroxyl groups is 1. The second-order valence-corrected chi connectivity index (χ2v) is 6.26. The lowest BCUT2D eigenvalue weighted by molar-refractivity contribution is 0.123. The summed E-state index contributed by atoms with van der Waals surface area (Å²) in [6, 6.07) is 10.3. The second-order valence-electron chi connectivity index (χ2n) is 6.26. The molecule has 0 aliphatic carbocycles. The van der Waals surface area contributed by atoms with Crippen LogP contribution in [0.2, 0.25) is 0 Å². The van der Waals surface area contributed by atoms with Crippen molar-refractivity contribution in [1.82, 2.24) is 19.8 Å². The lowest BCUT2D eigenvalue weighted by atomic mass is 10.3. The lowest BCUT2D eigenvalue weighted by Gasteiger charge is -2.19. The first-order valence-corrected chi connectivity index (χ1v) is 8.44. The Morgan fingerprint density at radius 2 is 1.96 bits per heavy atom. The normalized spacial score (nSPS) is 16.8. The van der Waals surface area contributed by atoms with Crippen LogP contribution in [0, 0.1) is 6.92 Å². The molecule has 23 heavy (non-hydrogen) atoms. The second kappa shape index (κ2) is 7.73. The van der Waals surface area contributed by atoms with Crippen LogP contribution in [-0.4, -0.2) is 51.8 Å². The Morgan fingerprint density at radius 1 is 1.22 bits per heavy atom. The summed E-state index contributed by atoms with van der Waals surface area (Å²) in [7, 11) is 0. The summed E-state index contributed by atoms with van der Waals surface area (Å²) >= 11 is 0. The fourth-order valence-corrected chi connectivity index (χ4v) is 3.24. The Hall–Kier alpha value is -1.69. The molecule has 0 spiro atoms. The highest BCUT2D eigenvalue weighted by Gasteiger charge is 2.15. The van der Waals surface area contributed by atoms with Gasteiger partial charge in [0.15, 0.2) is 0 Å². The summed E-state index contributed by atoms with van der Waals surface area (Å²) in [6.45, 7) is 6.33. The molecule has 5 heteroatoms. The minimum absolute atomic E-state index is 0.317. The van der Waals surface area contributed by atoms with Crippen LogP contribution in [-0.2, 0) is 6.54 Å². The third kappa shape index (κ3) is 4.19. The van der Waals surface area contributed by atoms with Gasteiger partial charge in [0.2, 0.25) is 0 Å². The smallest absolute Gasteiger partial charge is 0.110 e. The molecule has 2 aromatic rings. The van der Waals surface area contributed by atoms with E-state index in [1.165, 1.54) is 12.8 Å². The van der Waals surface area contributed by atoms with Crippen LogP contribution in [0.1, 0.15) is 24.4 Å². The van der Waals surface area contributed by atoms with Gasteiger partial charge < -0.3 is 15.3 Å². The zero-order chi connectivity index (χ0) is 16.1. The Labute approximate surface area is 138 Å². The van der Waals surface area contributed by atoms with E-state index in [0.29, 0.717) is 13.1 Å². The third-order valence-electron chi connectivity index (χ3n) is 4.38. The Balaban J connectivity index is 1.54. The maximum atomic E-state index is 10.2. The van der Waals surface area contributed by atoms with E-state index in [1.54, 1.807) is 0 Å². The van der Waals surface area contributed by atoms with E-state index in [1.807, 2.05) is 31.3 Å². The van der Waals surface area contributed by atoms with Gasteiger partial charge in [0.05, 0.1) is 18.0 Å². The van der Waals surface area contributed by atoms with Crippen molar-refractivity contribution < 1.29 is 5.11 Å². The van der Waals surface area contributed by atoms with Crippen LogP contribution in [0.4, 0.5) is 0 Å². The van der Waals surface area contributed by atoms with Gasteiger partial charge in [0.1, 0.15) is 5.82 Å². The van der Waals surface area contributed by atoms with Crippen molar-refractivity contribution in [3.05, 3.63) is 48.0 Å². The molecule has 3 rings (SSSR count). The molecule has 1 aromatic heterocycles. The molecule has 0 saturated carbocycles. The van der Waals surface area contributed by atoms with Gasteiger partial charge in [-0.1, -0.05) is 18.2 Å². The predicted octanol–water partition coefficient (Wildman–Crippen LogP) is 1.73. The highest BCUT2D eigenvalue weighted by atomic mass is 16.3. The fourth-order valence-electron chi connectivity index (χ4n) is 3.24. The summed E-state index contributed by atoms with van der Waals surface area (Å²) in [5, 5.41) is 13.5. The molecule has 1 aromatic carbocycles. The molecule has 124 valence electrons. The van der Waals surface area contributed by atoms with Gasteiger partial charge in [-0.2, -0.15) is 0 Å². The van der Waals surface area contributed by atoms with Crippen molar-refractivity contribution in [3.8, 4) is 5.69 Å². The Bertz CT molecular complexity index is 605. The molecule has 0 bridgehead atoms. The number of rotatable bonds is 7. The molecule has 2 N–H and O–H groups in total. The zero-order valence-electron chi connectivity index (χ0n) is 13.8. The van der Waals surface area contributed by atoms with Crippen molar-refractivity contribution in [1.29, 1.82) is 0 Å². The number of para-hydroxylation sites is 1.